The Morgan fingerprint density at radius 3 is 2.15 bits per heavy atom. The summed E-state index contributed by atoms with van der Waals surface area (Å²) in [7, 11) is 5.10. The summed E-state index contributed by atoms with van der Waals surface area (Å²) >= 11 is 0. The van der Waals surface area contributed by atoms with Crippen molar-refractivity contribution in [3.8, 4) is 11.5 Å². The molecule has 0 unspecified atom stereocenters. The van der Waals surface area contributed by atoms with Crippen LogP contribution < -0.4 is 14.8 Å². The number of ether oxygens (including phenoxy) is 3. The van der Waals surface area contributed by atoms with Crippen LogP contribution in [0, 0.1) is 0 Å². The maximum Gasteiger partial charge on any atom is 0.124 e. The van der Waals surface area contributed by atoms with Crippen LogP contribution in [0.2, 0.25) is 0 Å². The minimum Gasteiger partial charge on any atom is -0.496 e. The van der Waals surface area contributed by atoms with Crippen LogP contribution in [0.15, 0.2) is 12.1 Å². The molecule has 1 aliphatic heterocycles. The lowest BCUT2D eigenvalue weighted by Crippen LogP contribution is -2.43. The van der Waals surface area contributed by atoms with Crippen molar-refractivity contribution in [3.63, 3.8) is 0 Å². The number of hydrogen-bond donors (Lipinski definition) is 1. The summed E-state index contributed by atoms with van der Waals surface area (Å²) in [5.41, 5.74) is 2.24. The topological polar surface area (TPSA) is 43.0 Å². The fourth-order valence-corrected chi connectivity index (χ4v) is 2.60. The van der Waals surface area contributed by atoms with E-state index in [1.807, 2.05) is 12.1 Å². The molecule has 0 spiro atoms. The molecule has 1 saturated heterocycles. The van der Waals surface area contributed by atoms with Crippen molar-refractivity contribution in [1.82, 2.24) is 10.2 Å². The predicted molar refractivity (Wildman–Crippen MR) is 78.4 cm³/mol. The maximum absolute atomic E-state index is 5.52. The Labute approximate surface area is 120 Å². The van der Waals surface area contributed by atoms with Crippen molar-refractivity contribution in [2.75, 3.05) is 47.5 Å². The summed E-state index contributed by atoms with van der Waals surface area (Å²) in [4.78, 5) is 2.42. The molecule has 0 amide bonds. The van der Waals surface area contributed by atoms with Crippen LogP contribution in [-0.2, 0) is 17.9 Å². The summed E-state index contributed by atoms with van der Waals surface area (Å²) in [6, 6.07) is 3.91. The summed E-state index contributed by atoms with van der Waals surface area (Å²) in [6.45, 7) is 5.56. The SMILES string of the molecule is COCc1c(OC)ccc(OC)c1CN1CCNCC1. The first-order valence-corrected chi connectivity index (χ1v) is 6.95. The molecule has 5 heteroatoms. The van der Waals surface area contributed by atoms with Gasteiger partial charge in [0.15, 0.2) is 0 Å². The van der Waals surface area contributed by atoms with Gasteiger partial charge in [-0.3, -0.25) is 4.90 Å². The number of nitrogens with zero attached hydrogens (tertiary/aromatic N) is 1. The third-order valence-corrected chi connectivity index (χ3v) is 3.67. The van der Waals surface area contributed by atoms with Gasteiger partial charge in [0.1, 0.15) is 11.5 Å². The predicted octanol–water partition coefficient (Wildman–Crippen LogP) is 1.26. The van der Waals surface area contributed by atoms with Gasteiger partial charge in [0.2, 0.25) is 0 Å². The molecule has 0 aromatic heterocycles. The third kappa shape index (κ3) is 3.42. The highest BCUT2D eigenvalue weighted by atomic mass is 16.5. The van der Waals surface area contributed by atoms with Gasteiger partial charge in [-0.2, -0.15) is 0 Å². The molecule has 1 aliphatic rings. The van der Waals surface area contributed by atoms with Gasteiger partial charge in [-0.25, -0.2) is 0 Å². The molecule has 1 heterocycles. The van der Waals surface area contributed by atoms with Crippen LogP contribution in [0.5, 0.6) is 11.5 Å². The van der Waals surface area contributed by atoms with Crippen molar-refractivity contribution in [3.05, 3.63) is 23.3 Å². The Morgan fingerprint density at radius 1 is 1.00 bits per heavy atom. The highest BCUT2D eigenvalue weighted by Crippen LogP contribution is 2.32. The van der Waals surface area contributed by atoms with Gasteiger partial charge in [-0.05, 0) is 12.1 Å². The molecular formula is C15H24N2O3. The molecular weight excluding hydrogens is 256 g/mol. The molecule has 112 valence electrons. The van der Waals surface area contributed by atoms with E-state index in [1.165, 1.54) is 0 Å². The lowest BCUT2D eigenvalue weighted by molar-refractivity contribution is 0.176. The van der Waals surface area contributed by atoms with Gasteiger partial charge in [-0.1, -0.05) is 0 Å². The first-order valence-electron chi connectivity index (χ1n) is 6.95. The second-order valence-electron chi connectivity index (χ2n) is 4.89. The minimum absolute atomic E-state index is 0.530. The van der Waals surface area contributed by atoms with Gasteiger partial charge in [0.05, 0.1) is 20.8 Å². The number of rotatable bonds is 6. The van der Waals surface area contributed by atoms with Crippen molar-refractivity contribution in [2.45, 2.75) is 13.2 Å². The van der Waals surface area contributed by atoms with Crippen LogP contribution in [0.3, 0.4) is 0 Å². The standard InChI is InChI=1S/C15H24N2O3/c1-18-11-13-12(10-17-8-6-16-7-9-17)14(19-2)4-5-15(13)20-3/h4-5,16H,6-11H2,1-3H3. The zero-order valence-corrected chi connectivity index (χ0v) is 12.6. The van der Waals surface area contributed by atoms with Crippen molar-refractivity contribution in [1.29, 1.82) is 0 Å². The molecule has 1 fully saturated rings. The van der Waals surface area contributed by atoms with E-state index >= 15 is 0 Å². The molecule has 2 rings (SSSR count). The van der Waals surface area contributed by atoms with E-state index in [2.05, 4.69) is 10.2 Å². The van der Waals surface area contributed by atoms with Gasteiger partial charge < -0.3 is 19.5 Å². The number of benzene rings is 1. The molecule has 5 nitrogen and oxygen atoms in total. The molecule has 0 bridgehead atoms. The smallest absolute Gasteiger partial charge is 0.124 e. The quantitative estimate of drug-likeness (QED) is 0.849. The Hall–Kier alpha value is -1.30. The maximum atomic E-state index is 5.52. The van der Waals surface area contributed by atoms with E-state index in [4.69, 9.17) is 14.2 Å². The summed E-state index contributed by atoms with van der Waals surface area (Å²) in [5.74, 6) is 1.76. The zero-order chi connectivity index (χ0) is 14.4. The van der Waals surface area contributed by atoms with Crippen LogP contribution in [0.4, 0.5) is 0 Å². The first-order chi connectivity index (χ1) is 9.80. The average Bonchev–Trinajstić information content (AvgIpc) is 2.50. The van der Waals surface area contributed by atoms with E-state index in [0.717, 1.165) is 55.3 Å². The van der Waals surface area contributed by atoms with Gasteiger partial charge >= 0.3 is 0 Å². The number of piperazine rings is 1. The molecule has 1 aromatic carbocycles. The van der Waals surface area contributed by atoms with Crippen LogP contribution >= 0.6 is 0 Å². The zero-order valence-electron chi connectivity index (χ0n) is 12.6. The molecule has 0 atom stereocenters. The largest absolute Gasteiger partial charge is 0.496 e. The molecule has 0 radical (unpaired) electrons. The van der Waals surface area contributed by atoms with Crippen LogP contribution in [-0.4, -0.2) is 52.4 Å². The Kier molecular flexibility index (Phi) is 5.64. The Morgan fingerprint density at radius 2 is 1.60 bits per heavy atom. The lowest BCUT2D eigenvalue weighted by atomic mass is 10.0. The average molecular weight is 280 g/mol. The lowest BCUT2D eigenvalue weighted by Gasteiger charge is -2.29. The van der Waals surface area contributed by atoms with Gasteiger partial charge in [0.25, 0.3) is 0 Å². The summed E-state index contributed by atoms with van der Waals surface area (Å²) < 4.78 is 16.3. The fraction of sp³-hybridized carbons (Fsp3) is 0.600. The van der Waals surface area contributed by atoms with E-state index in [1.54, 1.807) is 21.3 Å². The number of hydrogen-bond acceptors (Lipinski definition) is 5. The second kappa shape index (κ2) is 7.47. The van der Waals surface area contributed by atoms with Crippen molar-refractivity contribution in [2.24, 2.45) is 0 Å². The highest BCUT2D eigenvalue weighted by Gasteiger charge is 2.18. The molecule has 20 heavy (non-hydrogen) atoms. The monoisotopic (exact) mass is 280 g/mol. The molecule has 0 aliphatic carbocycles. The molecule has 1 aromatic rings. The minimum atomic E-state index is 0.530. The van der Waals surface area contributed by atoms with Crippen molar-refractivity contribution >= 4 is 0 Å². The summed E-state index contributed by atoms with van der Waals surface area (Å²) in [6.07, 6.45) is 0. The van der Waals surface area contributed by atoms with E-state index in [9.17, 15) is 0 Å². The second-order valence-corrected chi connectivity index (χ2v) is 4.89. The molecule has 1 N–H and O–H groups in total. The Balaban J connectivity index is 2.30. The van der Waals surface area contributed by atoms with E-state index in [-0.39, 0.29) is 0 Å². The van der Waals surface area contributed by atoms with Crippen LogP contribution in [0.1, 0.15) is 11.1 Å². The number of nitrogens with one attached hydrogen (secondary N) is 1. The van der Waals surface area contributed by atoms with E-state index < -0.39 is 0 Å². The number of methoxy groups -OCH3 is 3. The first kappa shape index (κ1) is 15.1. The van der Waals surface area contributed by atoms with Gasteiger partial charge in [-0.15, -0.1) is 0 Å². The summed E-state index contributed by atoms with van der Waals surface area (Å²) in [5, 5.41) is 3.37. The van der Waals surface area contributed by atoms with Crippen molar-refractivity contribution < 1.29 is 14.2 Å². The normalized spacial score (nSPS) is 16.1. The fourth-order valence-electron chi connectivity index (χ4n) is 2.60. The van der Waals surface area contributed by atoms with Gasteiger partial charge in [0, 0.05) is 51.0 Å². The molecule has 0 saturated carbocycles. The van der Waals surface area contributed by atoms with Crippen LogP contribution in [0.25, 0.3) is 0 Å². The van der Waals surface area contributed by atoms with E-state index in [0.29, 0.717) is 6.61 Å². The third-order valence-electron chi connectivity index (χ3n) is 3.67. The highest BCUT2D eigenvalue weighted by molar-refractivity contribution is 5.48. The Bertz CT molecular complexity index is 431.